The maximum atomic E-state index is 12.8. The lowest BCUT2D eigenvalue weighted by molar-refractivity contribution is -0.0505. The summed E-state index contributed by atoms with van der Waals surface area (Å²) in [5.41, 5.74) is 0.594. The summed E-state index contributed by atoms with van der Waals surface area (Å²) >= 11 is 0. The van der Waals surface area contributed by atoms with Gasteiger partial charge in [0.2, 0.25) is 0 Å². The van der Waals surface area contributed by atoms with Gasteiger partial charge in [-0.15, -0.1) is 0 Å². The SMILES string of the molecule is CCCOc1ccc(CNC(=NC)NCCCN(C)CCOC)c(OC(F)F)c1. The Morgan fingerprint density at radius 3 is 2.66 bits per heavy atom. The molecule has 0 saturated carbocycles. The van der Waals surface area contributed by atoms with Gasteiger partial charge in [0.1, 0.15) is 11.5 Å². The van der Waals surface area contributed by atoms with Crippen molar-refractivity contribution in [3.8, 4) is 11.5 Å². The van der Waals surface area contributed by atoms with Crippen LogP contribution in [0.25, 0.3) is 0 Å². The molecule has 0 aliphatic heterocycles. The third-order valence-electron chi connectivity index (χ3n) is 4.08. The summed E-state index contributed by atoms with van der Waals surface area (Å²) in [6.07, 6.45) is 1.77. The van der Waals surface area contributed by atoms with Crippen molar-refractivity contribution in [2.45, 2.75) is 32.9 Å². The highest BCUT2D eigenvalue weighted by Crippen LogP contribution is 2.26. The second-order valence-electron chi connectivity index (χ2n) is 6.50. The fourth-order valence-electron chi connectivity index (χ4n) is 2.51. The molecule has 166 valence electrons. The van der Waals surface area contributed by atoms with E-state index in [1.807, 2.05) is 14.0 Å². The van der Waals surface area contributed by atoms with E-state index in [-0.39, 0.29) is 5.75 Å². The normalized spacial score (nSPS) is 11.8. The zero-order valence-corrected chi connectivity index (χ0v) is 17.8. The van der Waals surface area contributed by atoms with E-state index in [2.05, 4.69) is 25.3 Å². The second-order valence-corrected chi connectivity index (χ2v) is 6.50. The minimum Gasteiger partial charge on any atom is -0.493 e. The molecule has 2 N–H and O–H groups in total. The summed E-state index contributed by atoms with van der Waals surface area (Å²) in [6, 6.07) is 4.95. The van der Waals surface area contributed by atoms with Gasteiger partial charge >= 0.3 is 6.61 Å². The molecular formula is C20H34F2N4O3. The lowest BCUT2D eigenvalue weighted by Gasteiger charge is -2.17. The first-order valence-electron chi connectivity index (χ1n) is 9.82. The largest absolute Gasteiger partial charge is 0.493 e. The molecule has 0 aliphatic carbocycles. The van der Waals surface area contributed by atoms with Crippen molar-refractivity contribution in [1.82, 2.24) is 15.5 Å². The number of guanidine groups is 1. The molecule has 1 aromatic carbocycles. The summed E-state index contributed by atoms with van der Waals surface area (Å²) in [6.45, 7) is 3.15. The van der Waals surface area contributed by atoms with Gasteiger partial charge in [-0.3, -0.25) is 4.99 Å². The molecule has 0 saturated heterocycles. The Balaban J connectivity index is 2.53. The first-order valence-corrected chi connectivity index (χ1v) is 9.82. The number of likely N-dealkylation sites (N-methyl/N-ethyl adjacent to an activating group) is 1. The van der Waals surface area contributed by atoms with Gasteiger partial charge < -0.3 is 29.7 Å². The molecule has 0 heterocycles. The van der Waals surface area contributed by atoms with E-state index in [1.54, 1.807) is 26.3 Å². The van der Waals surface area contributed by atoms with Crippen molar-refractivity contribution in [3.05, 3.63) is 23.8 Å². The topological polar surface area (TPSA) is 67.4 Å². The Hall–Kier alpha value is -2.13. The molecule has 0 radical (unpaired) electrons. The lowest BCUT2D eigenvalue weighted by atomic mass is 10.2. The van der Waals surface area contributed by atoms with Crippen LogP contribution in [0.1, 0.15) is 25.3 Å². The minimum atomic E-state index is -2.90. The number of halogens is 2. The third kappa shape index (κ3) is 10.8. The number of benzene rings is 1. The number of hydrogen-bond donors (Lipinski definition) is 2. The van der Waals surface area contributed by atoms with E-state index in [4.69, 9.17) is 9.47 Å². The average molecular weight is 417 g/mol. The molecule has 0 bridgehead atoms. The molecule has 0 amide bonds. The quantitative estimate of drug-likeness (QED) is 0.276. The highest BCUT2D eigenvalue weighted by molar-refractivity contribution is 5.79. The van der Waals surface area contributed by atoms with Gasteiger partial charge in [-0.05, 0) is 38.6 Å². The Kier molecular flexibility index (Phi) is 12.7. The number of methoxy groups -OCH3 is 1. The van der Waals surface area contributed by atoms with Crippen LogP contribution in [0.2, 0.25) is 0 Å². The third-order valence-corrected chi connectivity index (χ3v) is 4.08. The van der Waals surface area contributed by atoms with Crippen LogP contribution in [0.5, 0.6) is 11.5 Å². The predicted molar refractivity (Wildman–Crippen MR) is 111 cm³/mol. The first-order chi connectivity index (χ1) is 14.0. The Morgan fingerprint density at radius 1 is 1.21 bits per heavy atom. The van der Waals surface area contributed by atoms with Crippen molar-refractivity contribution in [1.29, 1.82) is 0 Å². The zero-order chi connectivity index (χ0) is 21.5. The molecular weight excluding hydrogens is 382 g/mol. The number of rotatable bonds is 14. The van der Waals surface area contributed by atoms with Gasteiger partial charge in [0.15, 0.2) is 5.96 Å². The van der Waals surface area contributed by atoms with E-state index >= 15 is 0 Å². The number of nitrogens with one attached hydrogen (secondary N) is 2. The number of alkyl halides is 2. The number of nitrogens with zero attached hydrogens (tertiary/aromatic N) is 2. The van der Waals surface area contributed by atoms with E-state index in [0.29, 0.717) is 37.0 Å². The molecule has 0 aliphatic rings. The zero-order valence-electron chi connectivity index (χ0n) is 17.8. The predicted octanol–water partition coefficient (Wildman–Crippen LogP) is 2.71. The van der Waals surface area contributed by atoms with Gasteiger partial charge in [0, 0.05) is 45.4 Å². The standard InChI is InChI=1S/C20H34F2N4O3/c1-5-12-28-17-8-7-16(18(14-17)29-19(21)22)15-25-20(23-2)24-9-6-10-26(3)11-13-27-4/h7-8,14,19H,5-6,9-13,15H2,1-4H3,(H2,23,24,25). The fraction of sp³-hybridized carbons (Fsp3) is 0.650. The van der Waals surface area contributed by atoms with Crippen molar-refractivity contribution < 1.29 is 23.0 Å². The smallest absolute Gasteiger partial charge is 0.387 e. The molecule has 1 aromatic rings. The van der Waals surface area contributed by atoms with Crippen molar-refractivity contribution in [2.24, 2.45) is 4.99 Å². The highest BCUT2D eigenvalue weighted by atomic mass is 19.3. The molecule has 1 rings (SSSR count). The van der Waals surface area contributed by atoms with E-state index in [9.17, 15) is 8.78 Å². The van der Waals surface area contributed by atoms with Crippen LogP contribution >= 0.6 is 0 Å². The Labute approximate surface area is 172 Å². The van der Waals surface area contributed by atoms with E-state index in [0.717, 1.165) is 32.5 Å². The van der Waals surface area contributed by atoms with Crippen LogP contribution in [0.3, 0.4) is 0 Å². The van der Waals surface area contributed by atoms with Crippen LogP contribution in [0.15, 0.2) is 23.2 Å². The van der Waals surface area contributed by atoms with Gasteiger partial charge in [0.05, 0.1) is 13.2 Å². The molecule has 0 spiro atoms. The molecule has 29 heavy (non-hydrogen) atoms. The van der Waals surface area contributed by atoms with Crippen LogP contribution in [0.4, 0.5) is 8.78 Å². The van der Waals surface area contributed by atoms with Gasteiger partial charge in [-0.1, -0.05) is 6.92 Å². The lowest BCUT2D eigenvalue weighted by Crippen LogP contribution is -2.38. The minimum absolute atomic E-state index is 0.0938. The summed E-state index contributed by atoms with van der Waals surface area (Å²) in [7, 11) is 5.40. The molecule has 0 atom stereocenters. The maximum Gasteiger partial charge on any atom is 0.387 e. The monoisotopic (exact) mass is 416 g/mol. The molecule has 0 aromatic heterocycles. The summed E-state index contributed by atoms with van der Waals surface area (Å²) < 4.78 is 40.7. The molecule has 7 nitrogen and oxygen atoms in total. The van der Waals surface area contributed by atoms with E-state index < -0.39 is 6.61 Å². The van der Waals surface area contributed by atoms with Crippen molar-refractivity contribution >= 4 is 5.96 Å². The fourth-order valence-corrected chi connectivity index (χ4v) is 2.51. The Bertz CT molecular complexity index is 603. The van der Waals surface area contributed by atoms with E-state index in [1.165, 1.54) is 6.07 Å². The second kappa shape index (κ2) is 14.8. The summed E-state index contributed by atoms with van der Waals surface area (Å²) in [5, 5.41) is 6.34. The average Bonchev–Trinajstić information content (AvgIpc) is 2.70. The van der Waals surface area contributed by atoms with Gasteiger partial charge in [-0.2, -0.15) is 8.78 Å². The first kappa shape index (κ1) is 24.9. The number of aliphatic imine (C=N–C) groups is 1. The number of ether oxygens (including phenoxy) is 3. The van der Waals surface area contributed by atoms with Gasteiger partial charge in [-0.25, -0.2) is 0 Å². The van der Waals surface area contributed by atoms with Gasteiger partial charge in [0.25, 0.3) is 0 Å². The maximum absolute atomic E-state index is 12.8. The Morgan fingerprint density at radius 2 is 2.00 bits per heavy atom. The van der Waals surface area contributed by atoms with Crippen LogP contribution < -0.4 is 20.1 Å². The van der Waals surface area contributed by atoms with Crippen LogP contribution in [-0.4, -0.2) is 71.5 Å². The molecule has 9 heteroatoms. The summed E-state index contributed by atoms with van der Waals surface area (Å²) in [5.74, 6) is 1.20. The van der Waals surface area contributed by atoms with Crippen molar-refractivity contribution in [3.63, 3.8) is 0 Å². The van der Waals surface area contributed by atoms with Crippen LogP contribution in [0, 0.1) is 0 Å². The molecule has 0 unspecified atom stereocenters. The summed E-state index contributed by atoms with van der Waals surface area (Å²) in [4.78, 5) is 6.36. The highest BCUT2D eigenvalue weighted by Gasteiger charge is 2.12. The number of hydrogen-bond acceptors (Lipinski definition) is 5. The van der Waals surface area contributed by atoms with Crippen molar-refractivity contribution in [2.75, 3.05) is 54.1 Å². The van der Waals surface area contributed by atoms with Crippen LogP contribution in [-0.2, 0) is 11.3 Å². The molecule has 0 fully saturated rings.